The summed E-state index contributed by atoms with van der Waals surface area (Å²) >= 11 is 5.92. The molecular weight excluding hydrogens is 284 g/mol. The molecule has 1 aliphatic carbocycles. The largest absolute Gasteiger partial charge is 0.396 e. The average molecular weight is 299 g/mol. The van der Waals surface area contributed by atoms with Crippen molar-refractivity contribution in [3.8, 4) is 0 Å². The topological polar surface area (TPSA) is 92.5 Å². The summed E-state index contributed by atoms with van der Waals surface area (Å²) in [5.74, 6) is -0.402. The van der Waals surface area contributed by atoms with Gasteiger partial charge in [-0.2, -0.15) is 0 Å². The Kier molecular flexibility index (Phi) is 4.57. The minimum Gasteiger partial charge on any atom is -0.396 e. The van der Waals surface area contributed by atoms with Crippen LogP contribution in [0, 0.1) is 16.0 Å². The predicted molar refractivity (Wildman–Crippen MR) is 73.8 cm³/mol. The van der Waals surface area contributed by atoms with Gasteiger partial charge < -0.3 is 10.4 Å². The van der Waals surface area contributed by atoms with Crippen molar-refractivity contribution in [2.75, 3.05) is 6.61 Å². The van der Waals surface area contributed by atoms with Crippen LogP contribution < -0.4 is 5.32 Å². The van der Waals surface area contributed by atoms with E-state index in [2.05, 4.69) is 5.32 Å². The van der Waals surface area contributed by atoms with Gasteiger partial charge in [0, 0.05) is 30.7 Å². The van der Waals surface area contributed by atoms with Crippen LogP contribution in [0.15, 0.2) is 18.2 Å². The number of hydrogen-bond acceptors (Lipinski definition) is 4. The van der Waals surface area contributed by atoms with Gasteiger partial charge in [-0.3, -0.25) is 14.9 Å². The molecule has 0 spiro atoms. The minimum absolute atomic E-state index is 0.0214. The van der Waals surface area contributed by atoms with Gasteiger partial charge in [-0.25, -0.2) is 0 Å². The monoisotopic (exact) mass is 298 g/mol. The number of aliphatic hydroxyl groups excluding tert-OH is 1. The highest BCUT2D eigenvalue weighted by Gasteiger charge is 2.29. The summed E-state index contributed by atoms with van der Waals surface area (Å²) in [6.07, 6.45) is 2.60. The third-order valence-corrected chi connectivity index (χ3v) is 3.95. The van der Waals surface area contributed by atoms with Crippen molar-refractivity contribution in [1.82, 2.24) is 5.32 Å². The lowest BCUT2D eigenvalue weighted by atomic mass is 10.0. The average Bonchev–Trinajstić information content (AvgIpc) is 2.86. The molecule has 2 rings (SSSR count). The number of nitrogens with one attached hydrogen (secondary N) is 1. The third-order valence-electron chi connectivity index (χ3n) is 3.62. The fourth-order valence-electron chi connectivity index (χ4n) is 2.49. The van der Waals surface area contributed by atoms with Crippen LogP contribution in [0.3, 0.4) is 0 Å². The molecule has 0 saturated heterocycles. The van der Waals surface area contributed by atoms with Gasteiger partial charge in [0.15, 0.2) is 0 Å². The van der Waals surface area contributed by atoms with Crippen LogP contribution in [0.5, 0.6) is 0 Å². The first-order chi connectivity index (χ1) is 9.52. The smallest absolute Gasteiger partial charge is 0.270 e. The van der Waals surface area contributed by atoms with Gasteiger partial charge in [0.25, 0.3) is 11.6 Å². The number of halogens is 1. The summed E-state index contributed by atoms with van der Waals surface area (Å²) in [7, 11) is 0. The number of non-ortho nitro benzene ring substituents is 1. The summed E-state index contributed by atoms with van der Waals surface area (Å²) in [6.45, 7) is 0.0214. The van der Waals surface area contributed by atoms with Gasteiger partial charge in [-0.05, 0) is 18.9 Å². The predicted octanol–water partition coefficient (Wildman–Crippen LogP) is 2.14. The molecule has 0 heterocycles. The highest BCUT2D eigenvalue weighted by molar-refractivity contribution is 6.33. The Labute approximate surface area is 120 Å². The number of carbonyl (C=O) groups excluding carboxylic acids is 1. The highest BCUT2D eigenvalue weighted by atomic mass is 35.5. The molecule has 20 heavy (non-hydrogen) atoms. The Morgan fingerprint density at radius 3 is 2.90 bits per heavy atom. The van der Waals surface area contributed by atoms with E-state index in [1.165, 1.54) is 18.2 Å². The van der Waals surface area contributed by atoms with Crippen molar-refractivity contribution in [3.05, 3.63) is 38.9 Å². The van der Waals surface area contributed by atoms with E-state index >= 15 is 0 Å². The Morgan fingerprint density at radius 1 is 1.50 bits per heavy atom. The third kappa shape index (κ3) is 3.08. The summed E-state index contributed by atoms with van der Waals surface area (Å²) in [5, 5.41) is 22.9. The number of rotatable bonds is 4. The molecule has 1 amide bonds. The first-order valence-electron chi connectivity index (χ1n) is 6.38. The van der Waals surface area contributed by atoms with E-state index < -0.39 is 10.8 Å². The summed E-state index contributed by atoms with van der Waals surface area (Å²) in [5.41, 5.74) is -0.0888. The molecule has 1 aromatic carbocycles. The van der Waals surface area contributed by atoms with Gasteiger partial charge in [0.05, 0.1) is 15.5 Å². The Morgan fingerprint density at radius 2 is 2.25 bits per heavy atom. The Balaban J connectivity index is 2.16. The molecule has 1 aromatic rings. The molecule has 2 atom stereocenters. The van der Waals surface area contributed by atoms with Crippen LogP contribution in [0.25, 0.3) is 0 Å². The number of aliphatic hydroxyl groups is 1. The second kappa shape index (κ2) is 6.19. The number of carbonyl (C=O) groups is 1. The molecule has 0 aromatic heterocycles. The molecule has 7 heteroatoms. The minimum atomic E-state index is -0.570. The van der Waals surface area contributed by atoms with Crippen LogP contribution in [0.1, 0.15) is 29.6 Å². The SMILES string of the molecule is O=C(NC1CCCC1CO)c1cc([N+](=O)[O-])ccc1Cl. The van der Waals surface area contributed by atoms with Crippen molar-refractivity contribution in [2.45, 2.75) is 25.3 Å². The molecule has 108 valence electrons. The number of benzene rings is 1. The molecule has 1 fully saturated rings. The summed E-state index contributed by atoms with van der Waals surface area (Å²) in [4.78, 5) is 22.3. The normalized spacial score (nSPS) is 21.7. The lowest BCUT2D eigenvalue weighted by molar-refractivity contribution is -0.384. The maximum Gasteiger partial charge on any atom is 0.270 e. The maximum atomic E-state index is 12.2. The second-order valence-corrected chi connectivity index (χ2v) is 5.28. The first kappa shape index (κ1) is 14.7. The van der Waals surface area contributed by atoms with Crippen LogP contribution in [-0.4, -0.2) is 28.6 Å². The zero-order chi connectivity index (χ0) is 14.7. The number of hydrogen-bond donors (Lipinski definition) is 2. The number of nitro groups is 1. The van der Waals surface area contributed by atoms with E-state index in [1.54, 1.807) is 0 Å². The molecule has 1 saturated carbocycles. The van der Waals surface area contributed by atoms with Crippen molar-refractivity contribution >= 4 is 23.2 Å². The van der Waals surface area contributed by atoms with Crippen LogP contribution in [0.4, 0.5) is 5.69 Å². The zero-order valence-electron chi connectivity index (χ0n) is 10.7. The lowest BCUT2D eigenvalue weighted by Gasteiger charge is -2.19. The molecule has 1 aliphatic rings. The van der Waals surface area contributed by atoms with Crippen molar-refractivity contribution in [2.24, 2.45) is 5.92 Å². The van der Waals surface area contributed by atoms with Crippen molar-refractivity contribution in [1.29, 1.82) is 0 Å². The van der Waals surface area contributed by atoms with E-state index in [4.69, 9.17) is 11.6 Å². The molecule has 2 N–H and O–H groups in total. The van der Waals surface area contributed by atoms with E-state index in [9.17, 15) is 20.0 Å². The Bertz CT molecular complexity index is 535. The van der Waals surface area contributed by atoms with Gasteiger partial charge in [-0.15, -0.1) is 0 Å². The molecule has 2 unspecified atom stereocenters. The number of nitrogens with zero attached hydrogens (tertiary/aromatic N) is 1. The van der Waals surface area contributed by atoms with E-state index in [1.807, 2.05) is 0 Å². The van der Waals surface area contributed by atoms with Crippen LogP contribution in [-0.2, 0) is 0 Å². The van der Waals surface area contributed by atoms with Crippen molar-refractivity contribution in [3.63, 3.8) is 0 Å². The lowest BCUT2D eigenvalue weighted by Crippen LogP contribution is -2.38. The Hall–Kier alpha value is -1.66. The van der Waals surface area contributed by atoms with Crippen LogP contribution in [0.2, 0.25) is 5.02 Å². The summed E-state index contributed by atoms with van der Waals surface area (Å²) in [6, 6.07) is 3.65. The van der Waals surface area contributed by atoms with Crippen LogP contribution >= 0.6 is 11.6 Å². The van der Waals surface area contributed by atoms with Crippen molar-refractivity contribution < 1.29 is 14.8 Å². The van der Waals surface area contributed by atoms with Gasteiger partial charge in [-0.1, -0.05) is 18.0 Å². The fraction of sp³-hybridized carbons (Fsp3) is 0.462. The van der Waals surface area contributed by atoms with E-state index in [-0.39, 0.29) is 34.8 Å². The second-order valence-electron chi connectivity index (χ2n) is 4.87. The maximum absolute atomic E-state index is 12.2. The summed E-state index contributed by atoms with van der Waals surface area (Å²) < 4.78 is 0. The van der Waals surface area contributed by atoms with Gasteiger partial charge >= 0.3 is 0 Å². The molecule has 6 nitrogen and oxygen atoms in total. The molecular formula is C13H15ClN2O4. The number of amides is 1. The molecule has 0 bridgehead atoms. The fourth-order valence-corrected chi connectivity index (χ4v) is 2.70. The number of nitro benzene ring substituents is 1. The van der Waals surface area contributed by atoms with E-state index in [0.717, 1.165) is 19.3 Å². The molecule has 0 aliphatic heterocycles. The molecule has 0 radical (unpaired) electrons. The first-order valence-corrected chi connectivity index (χ1v) is 6.76. The standard InChI is InChI=1S/C13H15ClN2O4/c14-11-5-4-9(16(19)20)6-10(11)13(18)15-12-3-1-2-8(12)7-17/h4-6,8,12,17H,1-3,7H2,(H,15,18). The van der Waals surface area contributed by atoms with Gasteiger partial charge in [0.1, 0.15) is 0 Å². The zero-order valence-corrected chi connectivity index (χ0v) is 11.5. The van der Waals surface area contributed by atoms with Gasteiger partial charge in [0.2, 0.25) is 0 Å². The quantitative estimate of drug-likeness (QED) is 0.658. The highest BCUT2D eigenvalue weighted by Crippen LogP contribution is 2.27. The van der Waals surface area contributed by atoms with E-state index in [0.29, 0.717) is 0 Å².